The topological polar surface area (TPSA) is 58.6 Å². The summed E-state index contributed by atoms with van der Waals surface area (Å²) in [5, 5.41) is 12.1. The predicted octanol–water partition coefficient (Wildman–Crippen LogP) is 3.09. The van der Waals surface area contributed by atoms with E-state index in [2.05, 4.69) is 5.32 Å². The molecular weight excluding hydrogens is 290 g/mol. The largest absolute Gasteiger partial charge is 0.489 e. The van der Waals surface area contributed by atoms with E-state index >= 15 is 0 Å². The number of carboxylic acids is 1. The van der Waals surface area contributed by atoms with Crippen molar-refractivity contribution in [2.45, 2.75) is 13.2 Å². The van der Waals surface area contributed by atoms with Crippen LogP contribution in [0.2, 0.25) is 5.02 Å². The minimum atomic E-state index is -0.864. The van der Waals surface area contributed by atoms with Gasteiger partial charge in [0.1, 0.15) is 12.4 Å². The highest BCUT2D eigenvalue weighted by Crippen LogP contribution is 2.16. The summed E-state index contributed by atoms with van der Waals surface area (Å²) in [5.41, 5.74) is 2.01. The number of hydrogen-bond acceptors (Lipinski definition) is 3. The maximum atomic E-state index is 10.4. The van der Waals surface area contributed by atoms with Crippen molar-refractivity contribution in [2.24, 2.45) is 0 Å². The van der Waals surface area contributed by atoms with E-state index in [-0.39, 0.29) is 6.54 Å². The minimum absolute atomic E-state index is 0.0486. The molecule has 0 aliphatic rings. The molecule has 0 aliphatic heterocycles. The average molecular weight is 306 g/mol. The van der Waals surface area contributed by atoms with Gasteiger partial charge in [0.2, 0.25) is 0 Å². The molecule has 0 unspecified atom stereocenters. The van der Waals surface area contributed by atoms with E-state index in [1.165, 1.54) is 0 Å². The Morgan fingerprint density at radius 3 is 2.57 bits per heavy atom. The normalized spacial score (nSPS) is 10.3. The van der Waals surface area contributed by atoms with Gasteiger partial charge in [-0.2, -0.15) is 0 Å². The Balaban J connectivity index is 1.83. The molecule has 2 rings (SSSR count). The highest BCUT2D eigenvalue weighted by molar-refractivity contribution is 6.30. The molecule has 0 saturated carbocycles. The molecule has 0 aliphatic carbocycles. The van der Waals surface area contributed by atoms with Gasteiger partial charge in [0, 0.05) is 11.6 Å². The zero-order chi connectivity index (χ0) is 15.1. The molecule has 2 aromatic carbocycles. The smallest absolute Gasteiger partial charge is 0.317 e. The fourth-order valence-corrected chi connectivity index (χ4v) is 2.02. The van der Waals surface area contributed by atoms with E-state index in [4.69, 9.17) is 21.4 Å². The number of rotatable bonds is 7. The highest BCUT2D eigenvalue weighted by Gasteiger charge is 1.99. The molecule has 0 spiro atoms. The number of ether oxygens (including phenoxy) is 1. The zero-order valence-corrected chi connectivity index (χ0v) is 12.1. The van der Waals surface area contributed by atoms with E-state index in [0.29, 0.717) is 18.2 Å². The van der Waals surface area contributed by atoms with Gasteiger partial charge in [0.25, 0.3) is 0 Å². The molecule has 2 aromatic rings. The first kappa shape index (κ1) is 15.4. The van der Waals surface area contributed by atoms with Crippen molar-refractivity contribution in [3.8, 4) is 5.75 Å². The van der Waals surface area contributed by atoms with Gasteiger partial charge in [-0.15, -0.1) is 0 Å². The van der Waals surface area contributed by atoms with Crippen LogP contribution in [-0.4, -0.2) is 17.6 Å². The third-order valence-corrected chi connectivity index (χ3v) is 3.06. The standard InChI is InChI=1S/C16H16ClNO3/c17-14-3-1-2-13(8-14)11-21-15-6-4-12(5-7-15)9-18-10-16(19)20/h1-8,18H,9-11H2,(H,19,20). The average Bonchev–Trinajstić information content (AvgIpc) is 2.46. The summed E-state index contributed by atoms with van der Waals surface area (Å²) in [6.45, 7) is 0.922. The summed E-state index contributed by atoms with van der Waals surface area (Å²) in [4.78, 5) is 10.4. The molecule has 0 atom stereocenters. The Morgan fingerprint density at radius 1 is 1.14 bits per heavy atom. The lowest BCUT2D eigenvalue weighted by Gasteiger charge is -2.08. The number of carboxylic acid groups (broad SMARTS) is 1. The van der Waals surface area contributed by atoms with E-state index < -0.39 is 5.97 Å². The van der Waals surface area contributed by atoms with Gasteiger partial charge in [-0.05, 0) is 35.4 Å². The van der Waals surface area contributed by atoms with Gasteiger partial charge in [-0.3, -0.25) is 4.79 Å². The molecular formula is C16H16ClNO3. The van der Waals surface area contributed by atoms with Crippen LogP contribution in [0, 0.1) is 0 Å². The summed E-state index contributed by atoms with van der Waals surface area (Å²) in [6.07, 6.45) is 0. The monoisotopic (exact) mass is 305 g/mol. The second-order valence-electron chi connectivity index (χ2n) is 4.56. The first-order valence-electron chi connectivity index (χ1n) is 6.52. The molecule has 0 radical (unpaired) electrons. The van der Waals surface area contributed by atoms with Crippen molar-refractivity contribution >= 4 is 17.6 Å². The Morgan fingerprint density at radius 2 is 1.90 bits per heavy atom. The molecule has 5 heteroatoms. The molecule has 0 bridgehead atoms. The van der Waals surface area contributed by atoms with E-state index in [1.54, 1.807) is 0 Å². The van der Waals surface area contributed by atoms with Crippen LogP contribution in [0.15, 0.2) is 48.5 Å². The molecule has 21 heavy (non-hydrogen) atoms. The lowest BCUT2D eigenvalue weighted by molar-refractivity contribution is -0.135. The summed E-state index contributed by atoms with van der Waals surface area (Å²) < 4.78 is 5.67. The number of nitrogens with one attached hydrogen (secondary N) is 1. The second kappa shape index (κ2) is 7.67. The van der Waals surface area contributed by atoms with Crippen LogP contribution in [0.3, 0.4) is 0 Å². The van der Waals surface area contributed by atoms with E-state index in [0.717, 1.165) is 16.9 Å². The molecule has 0 amide bonds. The van der Waals surface area contributed by atoms with Gasteiger partial charge in [-0.25, -0.2) is 0 Å². The predicted molar refractivity (Wildman–Crippen MR) is 81.6 cm³/mol. The third kappa shape index (κ3) is 5.45. The van der Waals surface area contributed by atoms with Crippen LogP contribution >= 0.6 is 11.6 Å². The summed E-state index contributed by atoms with van der Waals surface area (Å²) in [7, 11) is 0. The Kier molecular flexibility index (Phi) is 5.60. The SMILES string of the molecule is O=C(O)CNCc1ccc(OCc2cccc(Cl)c2)cc1. The molecule has 0 fully saturated rings. The summed E-state index contributed by atoms with van der Waals surface area (Å²) in [6, 6.07) is 15.1. The lowest BCUT2D eigenvalue weighted by atomic mass is 10.2. The van der Waals surface area contributed by atoms with Crippen molar-refractivity contribution in [3.05, 3.63) is 64.7 Å². The van der Waals surface area contributed by atoms with Gasteiger partial charge in [0.05, 0.1) is 6.54 Å². The lowest BCUT2D eigenvalue weighted by Crippen LogP contribution is -2.21. The molecule has 4 nitrogen and oxygen atoms in total. The van der Waals surface area contributed by atoms with Crippen molar-refractivity contribution in [2.75, 3.05) is 6.54 Å². The third-order valence-electron chi connectivity index (χ3n) is 2.82. The van der Waals surface area contributed by atoms with Crippen molar-refractivity contribution in [3.63, 3.8) is 0 Å². The Bertz CT molecular complexity index is 599. The van der Waals surface area contributed by atoms with Crippen LogP contribution in [-0.2, 0) is 17.9 Å². The number of aliphatic carboxylic acids is 1. The first-order valence-corrected chi connectivity index (χ1v) is 6.90. The fraction of sp³-hybridized carbons (Fsp3) is 0.188. The Hall–Kier alpha value is -2.04. The van der Waals surface area contributed by atoms with Gasteiger partial charge < -0.3 is 15.2 Å². The Labute approximate surface area is 128 Å². The maximum absolute atomic E-state index is 10.4. The fourth-order valence-electron chi connectivity index (χ4n) is 1.81. The quantitative estimate of drug-likeness (QED) is 0.825. The van der Waals surface area contributed by atoms with Crippen LogP contribution in [0.5, 0.6) is 5.75 Å². The van der Waals surface area contributed by atoms with Crippen molar-refractivity contribution in [1.29, 1.82) is 0 Å². The minimum Gasteiger partial charge on any atom is -0.489 e. The molecule has 2 N–H and O–H groups in total. The van der Waals surface area contributed by atoms with Crippen LogP contribution in [0.1, 0.15) is 11.1 Å². The highest BCUT2D eigenvalue weighted by atomic mass is 35.5. The number of halogens is 1. The van der Waals surface area contributed by atoms with Gasteiger partial charge in [0.15, 0.2) is 0 Å². The molecule has 110 valence electrons. The van der Waals surface area contributed by atoms with Crippen LogP contribution < -0.4 is 10.1 Å². The second-order valence-corrected chi connectivity index (χ2v) is 5.00. The number of benzene rings is 2. The van der Waals surface area contributed by atoms with Crippen LogP contribution in [0.4, 0.5) is 0 Å². The van der Waals surface area contributed by atoms with Crippen LogP contribution in [0.25, 0.3) is 0 Å². The molecule has 0 aromatic heterocycles. The number of hydrogen-bond donors (Lipinski definition) is 2. The molecule has 0 heterocycles. The first-order chi connectivity index (χ1) is 10.1. The van der Waals surface area contributed by atoms with Gasteiger partial charge in [-0.1, -0.05) is 35.9 Å². The molecule has 0 saturated heterocycles. The zero-order valence-electron chi connectivity index (χ0n) is 11.4. The van der Waals surface area contributed by atoms with Crippen molar-refractivity contribution in [1.82, 2.24) is 5.32 Å². The maximum Gasteiger partial charge on any atom is 0.317 e. The number of carbonyl (C=O) groups is 1. The van der Waals surface area contributed by atoms with Crippen molar-refractivity contribution < 1.29 is 14.6 Å². The summed E-state index contributed by atoms with van der Waals surface area (Å²) >= 11 is 5.91. The van der Waals surface area contributed by atoms with Gasteiger partial charge >= 0.3 is 5.97 Å². The van der Waals surface area contributed by atoms with E-state index in [9.17, 15) is 4.79 Å². The summed E-state index contributed by atoms with van der Waals surface area (Å²) in [5.74, 6) is -0.103. The van der Waals surface area contributed by atoms with E-state index in [1.807, 2.05) is 48.5 Å².